The molecule has 1 aliphatic rings. The van der Waals surface area contributed by atoms with Gasteiger partial charge in [0.2, 0.25) is 0 Å². The van der Waals surface area contributed by atoms with Crippen molar-refractivity contribution >= 4 is 28.3 Å². The highest BCUT2D eigenvalue weighted by Crippen LogP contribution is 2.24. The SMILES string of the molecule is CC[C@@H](O)CN1CCC(Nc2ncnc3cc(Cl)ccc23)CC1. The van der Waals surface area contributed by atoms with Crippen molar-refractivity contribution in [2.45, 2.75) is 38.3 Å². The Morgan fingerprint density at radius 1 is 1.35 bits per heavy atom. The molecule has 0 amide bonds. The Balaban J connectivity index is 1.63. The third-order valence-corrected chi connectivity index (χ3v) is 4.70. The van der Waals surface area contributed by atoms with Crippen LogP contribution in [0.4, 0.5) is 5.82 Å². The van der Waals surface area contributed by atoms with Crippen LogP contribution in [0.3, 0.4) is 0 Å². The van der Waals surface area contributed by atoms with Crippen LogP contribution in [0.2, 0.25) is 5.02 Å². The molecule has 0 saturated carbocycles. The van der Waals surface area contributed by atoms with Gasteiger partial charge in [-0.3, -0.25) is 0 Å². The number of nitrogens with zero attached hydrogens (tertiary/aromatic N) is 3. The lowest BCUT2D eigenvalue weighted by atomic mass is 10.0. The number of anilines is 1. The Labute approximate surface area is 141 Å². The topological polar surface area (TPSA) is 61.3 Å². The van der Waals surface area contributed by atoms with Crippen LogP contribution in [0.1, 0.15) is 26.2 Å². The summed E-state index contributed by atoms with van der Waals surface area (Å²) in [6, 6.07) is 6.09. The molecule has 5 nitrogen and oxygen atoms in total. The van der Waals surface area contributed by atoms with E-state index in [0.717, 1.165) is 55.6 Å². The number of aliphatic hydroxyl groups excluding tert-OH is 1. The zero-order valence-corrected chi connectivity index (χ0v) is 14.1. The van der Waals surface area contributed by atoms with E-state index < -0.39 is 0 Å². The second kappa shape index (κ2) is 7.43. The summed E-state index contributed by atoms with van der Waals surface area (Å²) >= 11 is 6.03. The van der Waals surface area contributed by atoms with Gasteiger partial charge < -0.3 is 15.3 Å². The molecule has 1 fully saturated rings. The summed E-state index contributed by atoms with van der Waals surface area (Å²) in [6.07, 6.45) is 4.28. The molecular weight excluding hydrogens is 312 g/mol. The minimum absolute atomic E-state index is 0.213. The van der Waals surface area contributed by atoms with Crippen molar-refractivity contribution in [3.8, 4) is 0 Å². The number of benzene rings is 1. The van der Waals surface area contributed by atoms with E-state index in [1.165, 1.54) is 0 Å². The van der Waals surface area contributed by atoms with Crippen LogP contribution in [0.25, 0.3) is 10.9 Å². The lowest BCUT2D eigenvalue weighted by Gasteiger charge is -2.33. The van der Waals surface area contributed by atoms with E-state index in [0.29, 0.717) is 11.1 Å². The van der Waals surface area contributed by atoms with Gasteiger partial charge in [0.15, 0.2) is 0 Å². The van der Waals surface area contributed by atoms with Crippen LogP contribution in [0, 0.1) is 0 Å². The first-order valence-corrected chi connectivity index (χ1v) is 8.60. The number of hydrogen-bond donors (Lipinski definition) is 2. The average molecular weight is 335 g/mol. The standard InChI is InChI=1S/C17H23ClN4O/c1-2-14(23)10-22-7-5-13(6-8-22)21-17-15-4-3-12(18)9-16(15)19-11-20-17/h3-4,9,11,13-14,23H,2,5-8,10H2,1H3,(H,19,20,21)/t14-/m1/s1. The first-order chi connectivity index (χ1) is 11.2. The van der Waals surface area contributed by atoms with Gasteiger partial charge in [-0.25, -0.2) is 9.97 Å². The predicted octanol–water partition coefficient (Wildman–Crippen LogP) is 2.93. The molecule has 1 atom stereocenters. The molecule has 6 heteroatoms. The molecule has 0 unspecified atom stereocenters. The summed E-state index contributed by atoms with van der Waals surface area (Å²) in [5.74, 6) is 0.874. The number of likely N-dealkylation sites (tertiary alicyclic amines) is 1. The molecule has 2 N–H and O–H groups in total. The number of halogens is 1. The summed E-state index contributed by atoms with van der Waals surface area (Å²) < 4.78 is 0. The molecule has 1 aromatic carbocycles. The summed E-state index contributed by atoms with van der Waals surface area (Å²) in [5, 5.41) is 15.0. The highest BCUT2D eigenvalue weighted by Gasteiger charge is 2.21. The van der Waals surface area contributed by atoms with Gasteiger partial charge in [0, 0.05) is 36.1 Å². The van der Waals surface area contributed by atoms with Gasteiger partial charge in [-0.2, -0.15) is 0 Å². The maximum Gasteiger partial charge on any atom is 0.137 e. The Morgan fingerprint density at radius 3 is 2.87 bits per heavy atom. The third-order valence-electron chi connectivity index (χ3n) is 4.47. The molecule has 3 rings (SSSR count). The number of rotatable bonds is 5. The van der Waals surface area contributed by atoms with Crippen LogP contribution in [-0.2, 0) is 0 Å². The van der Waals surface area contributed by atoms with Gasteiger partial charge in [0.25, 0.3) is 0 Å². The molecular formula is C17H23ClN4O. The first kappa shape index (κ1) is 16.4. The van der Waals surface area contributed by atoms with E-state index in [4.69, 9.17) is 11.6 Å². The summed E-state index contributed by atoms with van der Waals surface area (Å²) in [5.41, 5.74) is 0.860. The average Bonchev–Trinajstić information content (AvgIpc) is 2.56. The molecule has 2 aromatic rings. The van der Waals surface area contributed by atoms with E-state index >= 15 is 0 Å². The summed E-state index contributed by atoms with van der Waals surface area (Å²) in [6.45, 7) is 4.80. The van der Waals surface area contributed by atoms with Gasteiger partial charge >= 0.3 is 0 Å². The largest absolute Gasteiger partial charge is 0.392 e. The molecule has 1 saturated heterocycles. The molecule has 2 heterocycles. The van der Waals surface area contributed by atoms with Crippen molar-refractivity contribution in [1.82, 2.24) is 14.9 Å². The molecule has 124 valence electrons. The predicted molar refractivity (Wildman–Crippen MR) is 93.9 cm³/mol. The Morgan fingerprint density at radius 2 is 2.13 bits per heavy atom. The van der Waals surface area contributed by atoms with E-state index in [9.17, 15) is 5.11 Å². The lowest BCUT2D eigenvalue weighted by molar-refractivity contribution is 0.0962. The van der Waals surface area contributed by atoms with Gasteiger partial charge in [0.1, 0.15) is 12.1 Å². The highest BCUT2D eigenvalue weighted by atomic mass is 35.5. The van der Waals surface area contributed by atoms with Crippen LogP contribution in [0.15, 0.2) is 24.5 Å². The summed E-state index contributed by atoms with van der Waals surface area (Å²) in [7, 11) is 0. The zero-order valence-electron chi connectivity index (χ0n) is 13.4. The Bertz CT molecular complexity index is 658. The van der Waals surface area contributed by atoms with Crippen molar-refractivity contribution in [2.75, 3.05) is 25.0 Å². The van der Waals surface area contributed by atoms with Crippen molar-refractivity contribution in [2.24, 2.45) is 0 Å². The maximum atomic E-state index is 9.77. The van der Waals surface area contributed by atoms with Crippen molar-refractivity contribution in [3.05, 3.63) is 29.5 Å². The van der Waals surface area contributed by atoms with Gasteiger partial charge in [-0.1, -0.05) is 18.5 Å². The third kappa shape index (κ3) is 4.10. The number of aromatic nitrogens is 2. The monoisotopic (exact) mass is 334 g/mol. The molecule has 1 aliphatic heterocycles. The van der Waals surface area contributed by atoms with Gasteiger partial charge in [-0.05, 0) is 37.5 Å². The number of β-amino-alcohol motifs (C(OH)–C–C–N with tert-alkyl or cyclic N) is 1. The van der Waals surface area contributed by atoms with Crippen LogP contribution in [0.5, 0.6) is 0 Å². The van der Waals surface area contributed by atoms with E-state index in [1.807, 2.05) is 25.1 Å². The minimum atomic E-state index is -0.213. The van der Waals surface area contributed by atoms with Crippen molar-refractivity contribution in [1.29, 1.82) is 0 Å². The molecule has 0 spiro atoms. The second-order valence-electron chi connectivity index (χ2n) is 6.17. The molecule has 1 aromatic heterocycles. The fourth-order valence-corrected chi connectivity index (χ4v) is 3.19. The van der Waals surface area contributed by atoms with E-state index in [2.05, 4.69) is 20.2 Å². The number of nitrogens with one attached hydrogen (secondary N) is 1. The highest BCUT2D eigenvalue weighted by molar-refractivity contribution is 6.31. The smallest absolute Gasteiger partial charge is 0.137 e. The molecule has 0 radical (unpaired) electrons. The number of hydrogen-bond acceptors (Lipinski definition) is 5. The zero-order chi connectivity index (χ0) is 16.2. The molecule has 0 aliphatic carbocycles. The van der Waals surface area contributed by atoms with Gasteiger partial charge in [0.05, 0.1) is 11.6 Å². The van der Waals surface area contributed by atoms with Gasteiger partial charge in [-0.15, -0.1) is 0 Å². The minimum Gasteiger partial charge on any atom is -0.392 e. The first-order valence-electron chi connectivity index (χ1n) is 8.23. The van der Waals surface area contributed by atoms with Crippen molar-refractivity contribution in [3.63, 3.8) is 0 Å². The number of fused-ring (bicyclic) bond motifs is 1. The fourth-order valence-electron chi connectivity index (χ4n) is 3.03. The number of piperidine rings is 1. The maximum absolute atomic E-state index is 9.77. The second-order valence-corrected chi connectivity index (χ2v) is 6.60. The normalized spacial score (nSPS) is 18.2. The Hall–Kier alpha value is -1.43. The van der Waals surface area contributed by atoms with Crippen LogP contribution in [-0.4, -0.2) is 51.8 Å². The summed E-state index contributed by atoms with van der Waals surface area (Å²) in [4.78, 5) is 11.0. The van der Waals surface area contributed by atoms with E-state index in [1.54, 1.807) is 6.33 Å². The molecule has 23 heavy (non-hydrogen) atoms. The lowest BCUT2D eigenvalue weighted by Crippen LogP contribution is -2.42. The fraction of sp³-hybridized carbons (Fsp3) is 0.529. The number of aliphatic hydroxyl groups is 1. The quantitative estimate of drug-likeness (QED) is 0.880. The van der Waals surface area contributed by atoms with Crippen LogP contribution >= 0.6 is 11.6 Å². The molecule has 0 bridgehead atoms. The van der Waals surface area contributed by atoms with Crippen LogP contribution < -0.4 is 5.32 Å². The van der Waals surface area contributed by atoms with E-state index in [-0.39, 0.29) is 6.10 Å². The Kier molecular flexibility index (Phi) is 5.30. The van der Waals surface area contributed by atoms with Crippen molar-refractivity contribution < 1.29 is 5.11 Å².